The molecule has 21 heavy (non-hydrogen) atoms. The highest BCUT2D eigenvalue weighted by Gasteiger charge is 2.24. The molecule has 0 aliphatic heterocycles. The number of rotatable bonds is 3. The largest absolute Gasteiger partial charge is 0.465 e. The van der Waals surface area contributed by atoms with Crippen molar-refractivity contribution in [3.8, 4) is 0 Å². The molecule has 1 aliphatic carbocycles. The molecular formula is C16H16ClNO3. The highest BCUT2D eigenvalue weighted by molar-refractivity contribution is 6.63. The van der Waals surface area contributed by atoms with Gasteiger partial charge in [0.2, 0.25) is 5.24 Å². The van der Waals surface area contributed by atoms with Crippen LogP contribution in [0.1, 0.15) is 34.5 Å². The summed E-state index contributed by atoms with van der Waals surface area (Å²) in [6.45, 7) is 0.0847. The SMILES string of the molecule is COC(=O)c1cccc2c3c(n(CC(=O)Cl)c12)CCCC3. The van der Waals surface area contributed by atoms with E-state index in [0.29, 0.717) is 5.56 Å². The number of aryl methyl sites for hydroxylation is 1. The van der Waals surface area contributed by atoms with Crippen molar-refractivity contribution in [2.24, 2.45) is 0 Å². The van der Waals surface area contributed by atoms with E-state index in [0.717, 1.165) is 42.3 Å². The average Bonchev–Trinajstić information content (AvgIpc) is 2.81. The summed E-state index contributed by atoms with van der Waals surface area (Å²) in [6, 6.07) is 5.59. The van der Waals surface area contributed by atoms with Gasteiger partial charge in [-0.3, -0.25) is 4.79 Å². The maximum Gasteiger partial charge on any atom is 0.340 e. The lowest BCUT2D eigenvalue weighted by Gasteiger charge is -2.15. The number of methoxy groups -OCH3 is 1. The summed E-state index contributed by atoms with van der Waals surface area (Å²) in [4.78, 5) is 23.4. The molecule has 0 bridgehead atoms. The lowest BCUT2D eigenvalue weighted by atomic mass is 9.95. The van der Waals surface area contributed by atoms with E-state index in [1.54, 1.807) is 6.07 Å². The van der Waals surface area contributed by atoms with Crippen LogP contribution in [-0.4, -0.2) is 22.9 Å². The molecule has 3 rings (SSSR count). The predicted molar refractivity (Wildman–Crippen MR) is 80.8 cm³/mol. The Balaban J connectivity index is 2.34. The van der Waals surface area contributed by atoms with Crippen LogP contribution in [0.2, 0.25) is 0 Å². The van der Waals surface area contributed by atoms with Crippen molar-refractivity contribution in [2.45, 2.75) is 32.2 Å². The molecule has 4 nitrogen and oxygen atoms in total. The van der Waals surface area contributed by atoms with Gasteiger partial charge in [-0.2, -0.15) is 0 Å². The molecule has 0 unspecified atom stereocenters. The number of hydrogen-bond donors (Lipinski definition) is 0. The van der Waals surface area contributed by atoms with Gasteiger partial charge >= 0.3 is 5.97 Å². The van der Waals surface area contributed by atoms with Crippen molar-refractivity contribution >= 4 is 33.7 Å². The molecule has 110 valence electrons. The van der Waals surface area contributed by atoms with Crippen molar-refractivity contribution < 1.29 is 14.3 Å². The van der Waals surface area contributed by atoms with Crippen LogP contribution < -0.4 is 0 Å². The minimum Gasteiger partial charge on any atom is -0.465 e. The molecular weight excluding hydrogens is 290 g/mol. The Morgan fingerprint density at radius 2 is 2.05 bits per heavy atom. The Kier molecular flexibility index (Phi) is 3.72. The molecule has 0 saturated heterocycles. The number of para-hydroxylation sites is 1. The number of hydrogen-bond acceptors (Lipinski definition) is 3. The zero-order chi connectivity index (χ0) is 15.0. The maximum absolute atomic E-state index is 12.0. The molecule has 0 fully saturated rings. The summed E-state index contributed by atoms with van der Waals surface area (Å²) >= 11 is 5.60. The first-order valence-electron chi connectivity index (χ1n) is 7.03. The molecule has 1 aromatic carbocycles. The maximum atomic E-state index is 12.0. The van der Waals surface area contributed by atoms with Gasteiger partial charge in [0.1, 0.15) is 0 Å². The minimum absolute atomic E-state index is 0.0847. The number of fused-ring (bicyclic) bond motifs is 3. The van der Waals surface area contributed by atoms with Crippen LogP contribution in [0.15, 0.2) is 18.2 Å². The fourth-order valence-electron chi connectivity index (χ4n) is 3.26. The summed E-state index contributed by atoms with van der Waals surface area (Å²) in [5, 5.41) is 0.602. The third-order valence-corrected chi connectivity index (χ3v) is 4.20. The standard InChI is InChI=1S/C16H16ClNO3/c1-21-16(20)12-7-4-6-11-10-5-2-3-8-13(10)18(15(11)12)9-14(17)19/h4,6-7H,2-3,5,8-9H2,1H3. The van der Waals surface area contributed by atoms with Crippen molar-refractivity contribution in [3.05, 3.63) is 35.0 Å². The fraction of sp³-hybridized carbons (Fsp3) is 0.375. The van der Waals surface area contributed by atoms with Gasteiger partial charge in [-0.25, -0.2) is 4.79 Å². The molecule has 1 aromatic heterocycles. The fourth-order valence-corrected chi connectivity index (χ4v) is 3.38. The number of nitrogens with zero attached hydrogens (tertiary/aromatic N) is 1. The number of aromatic nitrogens is 1. The predicted octanol–water partition coefficient (Wildman–Crippen LogP) is 3.07. The Hall–Kier alpha value is -1.81. The molecule has 0 spiro atoms. The normalized spacial score (nSPS) is 14.0. The van der Waals surface area contributed by atoms with Crippen LogP contribution in [-0.2, 0) is 28.9 Å². The average molecular weight is 306 g/mol. The quantitative estimate of drug-likeness (QED) is 0.647. The molecule has 1 heterocycles. The van der Waals surface area contributed by atoms with Crippen molar-refractivity contribution in [1.82, 2.24) is 4.57 Å². The first-order valence-corrected chi connectivity index (χ1v) is 7.41. The molecule has 0 amide bonds. The second-order valence-electron chi connectivity index (χ2n) is 5.27. The second kappa shape index (κ2) is 5.53. The topological polar surface area (TPSA) is 48.3 Å². The van der Waals surface area contributed by atoms with Crippen LogP contribution >= 0.6 is 11.6 Å². The van der Waals surface area contributed by atoms with Crippen LogP contribution in [0.25, 0.3) is 10.9 Å². The smallest absolute Gasteiger partial charge is 0.340 e. The summed E-state index contributed by atoms with van der Waals surface area (Å²) < 4.78 is 6.76. The first kappa shape index (κ1) is 14.1. The Morgan fingerprint density at radius 1 is 1.29 bits per heavy atom. The minimum atomic E-state index is -0.431. The van der Waals surface area contributed by atoms with Crippen molar-refractivity contribution in [2.75, 3.05) is 7.11 Å². The van der Waals surface area contributed by atoms with E-state index in [2.05, 4.69) is 0 Å². The first-order chi connectivity index (χ1) is 10.1. The van der Waals surface area contributed by atoms with E-state index in [4.69, 9.17) is 16.3 Å². The molecule has 0 atom stereocenters. The van der Waals surface area contributed by atoms with Gasteiger partial charge in [0, 0.05) is 11.1 Å². The number of carbonyl (C=O) groups excluding carboxylic acids is 2. The van der Waals surface area contributed by atoms with Gasteiger partial charge in [0.25, 0.3) is 0 Å². The summed E-state index contributed by atoms with van der Waals surface area (Å²) in [5.74, 6) is -0.390. The molecule has 1 aliphatic rings. The third kappa shape index (κ3) is 2.33. The van der Waals surface area contributed by atoms with E-state index >= 15 is 0 Å². The zero-order valence-electron chi connectivity index (χ0n) is 11.8. The van der Waals surface area contributed by atoms with E-state index in [1.165, 1.54) is 12.7 Å². The molecule has 0 N–H and O–H groups in total. The molecule has 0 saturated carbocycles. The molecule has 0 radical (unpaired) electrons. The van der Waals surface area contributed by atoms with E-state index in [9.17, 15) is 9.59 Å². The number of halogens is 1. The Morgan fingerprint density at radius 3 is 2.76 bits per heavy atom. The number of esters is 1. The van der Waals surface area contributed by atoms with Crippen LogP contribution in [0.3, 0.4) is 0 Å². The van der Waals surface area contributed by atoms with Crippen LogP contribution in [0, 0.1) is 0 Å². The van der Waals surface area contributed by atoms with E-state index in [-0.39, 0.29) is 6.54 Å². The van der Waals surface area contributed by atoms with Gasteiger partial charge in [-0.15, -0.1) is 0 Å². The summed E-state index contributed by atoms with van der Waals surface area (Å²) in [5.41, 5.74) is 3.62. The third-order valence-electron chi connectivity index (χ3n) is 4.08. The summed E-state index contributed by atoms with van der Waals surface area (Å²) in [6.07, 6.45) is 4.10. The van der Waals surface area contributed by atoms with Gasteiger partial charge in [0.05, 0.1) is 24.7 Å². The van der Waals surface area contributed by atoms with Crippen LogP contribution in [0.5, 0.6) is 0 Å². The number of carbonyl (C=O) groups is 2. The van der Waals surface area contributed by atoms with Crippen LogP contribution in [0.4, 0.5) is 0 Å². The lowest BCUT2D eigenvalue weighted by Crippen LogP contribution is -2.13. The molecule has 5 heteroatoms. The highest BCUT2D eigenvalue weighted by atomic mass is 35.5. The van der Waals surface area contributed by atoms with E-state index in [1.807, 2.05) is 16.7 Å². The summed E-state index contributed by atoms with van der Waals surface area (Å²) in [7, 11) is 1.36. The lowest BCUT2D eigenvalue weighted by molar-refractivity contribution is -0.112. The van der Waals surface area contributed by atoms with Crippen molar-refractivity contribution in [1.29, 1.82) is 0 Å². The monoisotopic (exact) mass is 305 g/mol. The highest BCUT2D eigenvalue weighted by Crippen LogP contribution is 2.34. The van der Waals surface area contributed by atoms with Gasteiger partial charge in [-0.1, -0.05) is 12.1 Å². The van der Waals surface area contributed by atoms with Gasteiger partial charge in [-0.05, 0) is 48.9 Å². The number of ether oxygens (including phenoxy) is 1. The second-order valence-corrected chi connectivity index (χ2v) is 5.69. The van der Waals surface area contributed by atoms with E-state index < -0.39 is 11.2 Å². The molecule has 2 aromatic rings. The zero-order valence-corrected chi connectivity index (χ0v) is 12.6. The van der Waals surface area contributed by atoms with Gasteiger partial charge < -0.3 is 9.30 Å². The number of benzene rings is 1. The Bertz CT molecular complexity index is 733. The van der Waals surface area contributed by atoms with Gasteiger partial charge in [0.15, 0.2) is 0 Å². The Labute approximate surface area is 127 Å². The van der Waals surface area contributed by atoms with Crippen molar-refractivity contribution in [3.63, 3.8) is 0 Å².